The monoisotopic (exact) mass is 384 g/mol. The molecule has 0 aliphatic rings. The SMILES string of the molecule is COc1ccc(C(=O)NCC(=O)OCCOc2ccc(C#N)cc2)cc1OC. The highest BCUT2D eigenvalue weighted by atomic mass is 16.6. The van der Waals surface area contributed by atoms with Crippen LogP contribution >= 0.6 is 0 Å². The van der Waals surface area contributed by atoms with Crippen molar-refractivity contribution in [1.29, 1.82) is 5.26 Å². The van der Waals surface area contributed by atoms with E-state index in [0.29, 0.717) is 28.4 Å². The van der Waals surface area contributed by atoms with Gasteiger partial charge in [-0.25, -0.2) is 0 Å². The third-order valence-corrected chi connectivity index (χ3v) is 3.64. The summed E-state index contributed by atoms with van der Waals surface area (Å²) in [6, 6.07) is 13.3. The van der Waals surface area contributed by atoms with Crippen molar-refractivity contribution in [2.45, 2.75) is 0 Å². The fourth-order valence-corrected chi connectivity index (χ4v) is 2.22. The molecule has 8 heteroatoms. The molecule has 0 saturated carbocycles. The molecule has 28 heavy (non-hydrogen) atoms. The molecule has 0 aliphatic carbocycles. The van der Waals surface area contributed by atoms with Crippen LogP contribution in [0.1, 0.15) is 15.9 Å². The molecule has 0 radical (unpaired) electrons. The summed E-state index contributed by atoms with van der Waals surface area (Å²) in [6.45, 7) is -0.0869. The summed E-state index contributed by atoms with van der Waals surface area (Å²) in [7, 11) is 2.97. The Kier molecular flexibility index (Phi) is 7.66. The van der Waals surface area contributed by atoms with E-state index in [9.17, 15) is 9.59 Å². The number of amides is 1. The summed E-state index contributed by atoms with van der Waals surface area (Å²) in [5.41, 5.74) is 0.860. The Morgan fingerprint density at radius 2 is 1.71 bits per heavy atom. The largest absolute Gasteiger partial charge is 0.493 e. The maximum atomic E-state index is 12.1. The van der Waals surface area contributed by atoms with Gasteiger partial charge in [0.1, 0.15) is 25.5 Å². The topological polar surface area (TPSA) is 107 Å². The van der Waals surface area contributed by atoms with Gasteiger partial charge in [-0.2, -0.15) is 5.26 Å². The molecule has 8 nitrogen and oxygen atoms in total. The van der Waals surface area contributed by atoms with E-state index in [1.54, 1.807) is 36.4 Å². The number of carbonyl (C=O) groups excluding carboxylic acids is 2. The molecule has 0 fully saturated rings. The number of esters is 1. The van der Waals surface area contributed by atoms with Crippen LogP contribution in [0.15, 0.2) is 42.5 Å². The number of nitrogens with one attached hydrogen (secondary N) is 1. The van der Waals surface area contributed by atoms with Crippen molar-refractivity contribution in [2.75, 3.05) is 34.0 Å². The number of hydrogen-bond acceptors (Lipinski definition) is 7. The van der Waals surface area contributed by atoms with Crippen molar-refractivity contribution < 1.29 is 28.5 Å². The van der Waals surface area contributed by atoms with E-state index in [1.807, 2.05) is 6.07 Å². The van der Waals surface area contributed by atoms with Crippen LogP contribution < -0.4 is 19.5 Å². The van der Waals surface area contributed by atoms with Crippen LogP contribution in [-0.4, -0.2) is 45.9 Å². The lowest BCUT2D eigenvalue weighted by molar-refractivity contribution is -0.143. The number of hydrogen-bond donors (Lipinski definition) is 1. The molecule has 0 aliphatic heterocycles. The maximum Gasteiger partial charge on any atom is 0.325 e. The van der Waals surface area contributed by atoms with Gasteiger partial charge in [0.25, 0.3) is 5.91 Å². The predicted octanol–water partition coefficient (Wildman–Crippen LogP) is 1.93. The Balaban J connectivity index is 1.71. The molecule has 0 heterocycles. The smallest absolute Gasteiger partial charge is 0.325 e. The number of nitrogens with zero attached hydrogens (tertiary/aromatic N) is 1. The van der Waals surface area contributed by atoms with Crippen LogP contribution in [0.5, 0.6) is 17.2 Å². The standard InChI is InChI=1S/C20H20N2O6/c1-25-17-8-5-15(11-18(17)26-2)20(24)22-13-19(23)28-10-9-27-16-6-3-14(12-21)4-7-16/h3-8,11H,9-10,13H2,1-2H3,(H,22,24). The first-order chi connectivity index (χ1) is 13.6. The zero-order chi connectivity index (χ0) is 20.4. The minimum absolute atomic E-state index is 0.0328. The van der Waals surface area contributed by atoms with Crippen molar-refractivity contribution in [3.05, 3.63) is 53.6 Å². The van der Waals surface area contributed by atoms with Gasteiger partial charge in [0.15, 0.2) is 11.5 Å². The molecule has 1 N–H and O–H groups in total. The summed E-state index contributed by atoms with van der Waals surface area (Å²) in [5, 5.41) is 11.2. The summed E-state index contributed by atoms with van der Waals surface area (Å²) in [6.07, 6.45) is 0. The van der Waals surface area contributed by atoms with Crippen LogP contribution in [0.3, 0.4) is 0 Å². The van der Waals surface area contributed by atoms with Crippen molar-refractivity contribution >= 4 is 11.9 Å². The van der Waals surface area contributed by atoms with Crippen molar-refractivity contribution in [3.63, 3.8) is 0 Å². The Morgan fingerprint density at radius 3 is 2.36 bits per heavy atom. The van der Waals surface area contributed by atoms with Crippen LogP contribution in [0, 0.1) is 11.3 Å². The van der Waals surface area contributed by atoms with E-state index in [0.717, 1.165) is 0 Å². The third kappa shape index (κ3) is 5.92. The highest BCUT2D eigenvalue weighted by Gasteiger charge is 2.12. The maximum absolute atomic E-state index is 12.1. The summed E-state index contributed by atoms with van der Waals surface area (Å²) in [4.78, 5) is 23.8. The van der Waals surface area contributed by atoms with E-state index in [-0.39, 0.29) is 19.8 Å². The Labute approximate surface area is 162 Å². The molecule has 2 rings (SSSR count). The van der Waals surface area contributed by atoms with Crippen LogP contribution in [0.25, 0.3) is 0 Å². The summed E-state index contributed by atoms with van der Waals surface area (Å²) in [5.74, 6) is 0.458. The van der Waals surface area contributed by atoms with Gasteiger partial charge in [-0.1, -0.05) is 0 Å². The minimum Gasteiger partial charge on any atom is -0.493 e. The first kappa shape index (κ1) is 20.6. The Morgan fingerprint density at radius 1 is 1.00 bits per heavy atom. The number of ether oxygens (including phenoxy) is 4. The normalized spacial score (nSPS) is 9.75. The van der Waals surface area contributed by atoms with E-state index in [4.69, 9.17) is 24.2 Å². The number of benzene rings is 2. The molecule has 0 bridgehead atoms. The van der Waals surface area contributed by atoms with E-state index in [2.05, 4.69) is 5.32 Å². The second-order valence-electron chi connectivity index (χ2n) is 5.46. The lowest BCUT2D eigenvalue weighted by atomic mass is 10.2. The molecule has 0 unspecified atom stereocenters. The molecule has 1 amide bonds. The fraction of sp³-hybridized carbons (Fsp3) is 0.250. The number of methoxy groups -OCH3 is 2. The third-order valence-electron chi connectivity index (χ3n) is 3.64. The average Bonchev–Trinajstić information content (AvgIpc) is 2.74. The molecular weight excluding hydrogens is 364 g/mol. The van der Waals surface area contributed by atoms with Crippen molar-refractivity contribution in [1.82, 2.24) is 5.32 Å². The molecular formula is C20H20N2O6. The quantitative estimate of drug-likeness (QED) is 0.520. The number of carbonyl (C=O) groups is 2. The van der Waals surface area contributed by atoms with Crippen molar-refractivity contribution in [3.8, 4) is 23.3 Å². The van der Waals surface area contributed by atoms with Gasteiger partial charge < -0.3 is 24.3 Å². The van der Waals surface area contributed by atoms with E-state index >= 15 is 0 Å². The molecule has 0 atom stereocenters. The lowest BCUT2D eigenvalue weighted by Gasteiger charge is -2.10. The summed E-state index contributed by atoms with van der Waals surface area (Å²) < 4.78 is 20.7. The average molecular weight is 384 g/mol. The number of rotatable bonds is 9. The van der Waals surface area contributed by atoms with Gasteiger partial charge in [0.2, 0.25) is 0 Å². The molecule has 146 valence electrons. The van der Waals surface area contributed by atoms with Crippen LogP contribution in [0.2, 0.25) is 0 Å². The first-order valence-electron chi connectivity index (χ1n) is 8.36. The Bertz CT molecular complexity index is 858. The highest BCUT2D eigenvalue weighted by molar-refractivity contribution is 5.96. The molecule has 0 spiro atoms. The van der Waals surface area contributed by atoms with E-state index in [1.165, 1.54) is 20.3 Å². The predicted molar refractivity (Wildman–Crippen MR) is 99.5 cm³/mol. The number of nitriles is 1. The summed E-state index contributed by atoms with van der Waals surface area (Å²) >= 11 is 0. The van der Waals surface area contributed by atoms with Gasteiger partial charge in [0.05, 0.1) is 25.9 Å². The van der Waals surface area contributed by atoms with E-state index < -0.39 is 11.9 Å². The van der Waals surface area contributed by atoms with Gasteiger partial charge in [-0.15, -0.1) is 0 Å². The zero-order valence-corrected chi connectivity index (χ0v) is 15.6. The van der Waals surface area contributed by atoms with Crippen molar-refractivity contribution in [2.24, 2.45) is 0 Å². The highest BCUT2D eigenvalue weighted by Crippen LogP contribution is 2.27. The fourth-order valence-electron chi connectivity index (χ4n) is 2.22. The molecule has 0 saturated heterocycles. The lowest BCUT2D eigenvalue weighted by Crippen LogP contribution is -2.31. The zero-order valence-electron chi connectivity index (χ0n) is 15.6. The molecule has 2 aromatic carbocycles. The molecule has 2 aromatic rings. The second-order valence-corrected chi connectivity index (χ2v) is 5.46. The first-order valence-corrected chi connectivity index (χ1v) is 8.36. The van der Waals surface area contributed by atoms with Gasteiger partial charge in [0, 0.05) is 5.56 Å². The second kappa shape index (κ2) is 10.4. The minimum atomic E-state index is -0.586. The van der Waals surface area contributed by atoms with Crippen LogP contribution in [0.4, 0.5) is 0 Å². The Hall–Kier alpha value is -3.73. The van der Waals surface area contributed by atoms with Gasteiger partial charge >= 0.3 is 5.97 Å². The van der Waals surface area contributed by atoms with Gasteiger partial charge in [-0.3, -0.25) is 9.59 Å². The van der Waals surface area contributed by atoms with Crippen LogP contribution in [-0.2, 0) is 9.53 Å². The van der Waals surface area contributed by atoms with Gasteiger partial charge in [-0.05, 0) is 42.5 Å². The molecule has 0 aromatic heterocycles.